The Labute approximate surface area is 130 Å². The molecule has 0 atom stereocenters. The van der Waals surface area contributed by atoms with Gasteiger partial charge < -0.3 is 11.1 Å². The number of nitrogens with one attached hydrogen (secondary N) is 1. The Balaban J connectivity index is 2.35. The number of anilines is 2. The van der Waals surface area contributed by atoms with Crippen LogP contribution < -0.4 is 11.1 Å². The Morgan fingerprint density at radius 3 is 2.60 bits per heavy atom. The molecule has 0 aromatic carbocycles. The minimum absolute atomic E-state index is 0.0485. The quantitative estimate of drug-likeness (QED) is 0.824. The number of halogens is 3. The van der Waals surface area contributed by atoms with Crippen molar-refractivity contribution >= 4 is 52.1 Å². The topological polar surface area (TPSA) is 80.9 Å². The first-order chi connectivity index (χ1) is 9.38. The third kappa shape index (κ3) is 3.12. The molecular formula is C12H9Cl3N4O. The van der Waals surface area contributed by atoms with Gasteiger partial charge in [-0.2, -0.15) is 0 Å². The number of nitrogens with two attached hydrogens (primary N) is 1. The lowest BCUT2D eigenvalue weighted by Gasteiger charge is -2.11. The van der Waals surface area contributed by atoms with Crippen molar-refractivity contribution in [3.05, 3.63) is 44.9 Å². The number of aryl methyl sites for hydroxylation is 1. The number of pyridine rings is 2. The molecule has 0 fully saturated rings. The van der Waals surface area contributed by atoms with Gasteiger partial charge in [0.15, 0.2) is 5.15 Å². The van der Waals surface area contributed by atoms with Crippen LogP contribution in [-0.4, -0.2) is 15.9 Å². The molecule has 8 heteroatoms. The lowest BCUT2D eigenvalue weighted by molar-refractivity contribution is 0.102. The number of hydrogen-bond donors (Lipinski definition) is 2. The standard InChI is InChI=1S/C12H9Cl3N4O/c1-5-2-8(13)18-11(15)9(5)19-12(20)7-3-6(16)4-17-10(7)14/h2-4H,16H2,1H3,(H,19,20). The van der Waals surface area contributed by atoms with Gasteiger partial charge in [0.2, 0.25) is 0 Å². The highest BCUT2D eigenvalue weighted by atomic mass is 35.5. The van der Waals surface area contributed by atoms with Gasteiger partial charge in [-0.25, -0.2) is 9.97 Å². The Morgan fingerprint density at radius 1 is 1.25 bits per heavy atom. The number of rotatable bonds is 2. The number of nitrogen functional groups attached to an aromatic ring is 1. The van der Waals surface area contributed by atoms with E-state index in [-0.39, 0.29) is 21.0 Å². The lowest BCUT2D eigenvalue weighted by atomic mass is 10.2. The molecule has 2 aromatic rings. The summed E-state index contributed by atoms with van der Waals surface area (Å²) in [4.78, 5) is 19.8. The number of carbonyl (C=O) groups is 1. The van der Waals surface area contributed by atoms with Crippen molar-refractivity contribution < 1.29 is 4.79 Å². The Morgan fingerprint density at radius 2 is 1.95 bits per heavy atom. The summed E-state index contributed by atoms with van der Waals surface area (Å²) in [7, 11) is 0. The maximum atomic E-state index is 12.2. The van der Waals surface area contributed by atoms with E-state index in [4.69, 9.17) is 40.5 Å². The summed E-state index contributed by atoms with van der Waals surface area (Å²) >= 11 is 17.6. The summed E-state index contributed by atoms with van der Waals surface area (Å²) in [5.41, 5.74) is 7.10. The van der Waals surface area contributed by atoms with Gasteiger partial charge in [-0.05, 0) is 24.6 Å². The molecule has 2 rings (SSSR count). The third-order valence-corrected chi connectivity index (χ3v) is 3.25. The maximum Gasteiger partial charge on any atom is 0.258 e. The fraction of sp³-hybridized carbons (Fsp3) is 0.0833. The molecule has 0 aliphatic carbocycles. The zero-order valence-corrected chi connectivity index (χ0v) is 12.5. The van der Waals surface area contributed by atoms with Crippen LogP contribution in [-0.2, 0) is 0 Å². The predicted octanol–water partition coefficient (Wildman–Crippen LogP) is 3.58. The van der Waals surface area contributed by atoms with Crippen molar-refractivity contribution in [1.29, 1.82) is 0 Å². The van der Waals surface area contributed by atoms with Gasteiger partial charge in [0.25, 0.3) is 5.91 Å². The molecule has 0 saturated carbocycles. The average Bonchev–Trinajstić information content (AvgIpc) is 2.36. The second kappa shape index (κ2) is 5.83. The molecule has 3 N–H and O–H groups in total. The number of carbonyl (C=O) groups excluding carboxylic acids is 1. The lowest BCUT2D eigenvalue weighted by Crippen LogP contribution is -2.15. The highest BCUT2D eigenvalue weighted by molar-refractivity contribution is 6.36. The Kier molecular flexibility index (Phi) is 4.32. The summed E-state index contributed by atoms with van der Waals surface area (Å²) in [6.07, 6.45) is 1.36. The van der Waals surface area contributed by atoms with E-state index in [2.05, 4.69) is 15.3 Å². The first-order valence-electron chi connectivity index (χ1n) is 5.43. The van der Waals surface area contributed by atoms with Crippen molar-refractivity contribution in [1.82, 2.24) is 9.97 Å². The number of hydrogen-bond acceptors (Lipinski definition) is 4. The van der Waals surface area contributed by atoms with Crippen LogP contribution in [0, 0.1) is 6.92 Å². The van der Waals surface area contributed by atoms with Gasteiger partial charge in [0.1, 0.15) is 10.3 Å². The first-order valence-corrected chi connectivity index (χ1v) is 6.57. The normalized spacial score (nSPS) is 10.4. The van der Waals surface area contributed by atoms with E-state index in [0.29, 0.717) is 16.9 Å². The summed E-state index contributed by atoms with van der Waals surface area (Å²) in [5.74, 6) is -0.482. The molecule has 0 spiro atoms. The molecule has 2 heterocycles. The molecule has 5 nitrogen and oxygen atoms in total. The van der Waals surface area contributed by atoms with Crippen LogP contribution in [0.2, 0.25) is 15.5 Å². The molecule has 0 bridgehead atoms. The highest BCUT2D eigenvalue weighted by Crippen LogP contribution is 2.27. The second-order valence-corrected chi connectivity index (χ2v) is 5.09. The van der Waals surface area contributed by atoms with E-state index in [0.717, 1.165) is 0 Å². The SMILES string of the molecule is Cc1cc(Cl)nc(Cl)c1NC(=O)c1cc(N)cnc1Cl. The molecule has 104 valence electrons. The Hall–Kier alpha value is -1.56. The van der Waals surface area contributed by atoms with Crippen molar-refractivity contribution in [2.75, 3.05) is 11.1 Å². The molecule has 1 amide bonds. The van der Waals surface area contributed by atoms with Crippen molar-refractivity contribution in [2.45, 2.75) is 6.92 Å². The van der Waals surface area contributed by atoms with Crippen LogP contribution in [0.5, 0.6) is 0 Å². The largest absolute Gasteiger partial charge is 0.397 e. The van der Waals surface area contributed by atoms with Crippen LogP contribution >= 0.6 is 34.8 Å². The summed E-state index contributed by atoms with van der Waals surface area (Å²) in [6, 6.07) is 3.01. The Bertz CT molecular complexity index is 667. The van der Waals surface area contributed by atoms with Gasteiger partial charge in [0, 0.05) is 0 Å². The third-order valence-electron chi connectivity index (χ3n) is 2.48. The number of nitrogens with zero attached hydrogens (tertiary/aromatic N) is 2. The van der Waals surface area contributed by atoms with E-state index in [9.17, 15) is 4.79 Å². The maximum absolute atomic E-state index is 12.2. The fourth-order valence-corrected chi connectivity index (χ4v) is 2.32. The van der Waals surface area contributed by atoms with E-state index in [1.807, 2.05) is 0 Å². The van der Waals surface area contributed by atoms with Crippen LogP contribution in [0.15, 0.2) is 18.3 Å². The van der Waals surface area contributed by atoms with Gasteiger partial charge in [-0.15, -0.1) is 0 Å². The molecule has 2 aromatic heterocycles. The van der Waals surface area contributed by atoms with Crippen LogP contribution in [0.4, 0.5) is 11.4 Å². The van der Waals surface area contributed by atoms with Gasteiger partial charge in [0.05, 0.1) is 23.1 Å². The van der Waals surface area contributed by atoms with Crippen LogP contribution in [0.1, 0.15) is 15.9 Å². The van der Waals surface area contributed by atoms with Gasteiger partial charge >= 0.3 is 0 Å². The molecular weight excluding hydrogens is 323 g/mol. The smallest absolute Gasteiger partial charge is 0.258 e. The zero-order chi connectivity index (χ0) is 14.9. The summed E-state index contributed by atoms with van der Waals surface area (Å²) in [5, 5.41) is 3.00. The number of amides is 1. The molecule has 0 unspecified atom stereocenters. The monoisotopic (exact) mass is 330 g/mol. The van der Waals surface area contributed by atoms with E-state index in [1.54, 1.807) is 13.0 Å². The van der Waals surface area contributed by atoms with Gasteiger partial charge in [-0.3, -0.25) is 4.79 Å². The van der Waals surface area contributed by atoms with Crippen molar-refractivity contribution in [2.24, 2.45) is 0 Å². The molecule has 0 aliphatic rings. The van der Waals surface area contributed by atoms with Gasteiger partial charge in [-0.1, -0.05) is 34.8 Å². The number of aromatic nitrogens is 2. The average molecular weight is 332 g/mol. The molecule has 20 heavy (non-hydrogen) atoms. The minimum Gasteiger partial charge on any atom is -0.397 e. The molecule has 0 radical (unpaired) electrons. The van der Waals surface area contributed by atoms with E-state index in [1.165, 1.54) is 12.3 Å². The zero-order valence-electron chi connectivity index (χ0n) is 10.2. The summed E-state index contributed by atoms with van der Waals surface area (Å²) < 4.78 is 0. The predicted molar refractivity (Wildman–Crippen MR) is 80.6 cm³/mol. The van der Waals surface area contributed by atoms with Crippen molar-refractivity contribution in [3.8, 4) is 0 Å². The summed E-state index contributed by atoms with van der Waals surface area (Å²) in [6.45, 7) is 1.74. The van der Waals surface area contributed by atoms with Crippen molar-refractivity contribution in [3.63, 3.8) is 0 Å². The van der Waals surface area contributed by atoms with E-state index >= 15 is 0 Å². The van der Waals surface area contributed by atoms with Crippen LogP contribution in [0.25, 0.3) is 0 Å². The molecule has 0 saturated heterocycles. The van der Waals surface area contributed by atoms with E-state index < -0.39 is 5.91 Å². The second-order valence-electron chi connectivity index (χ2n) is 3.99. The highest BCUT2D eigenvalue weighted by Gasteiger charge is 2.16. The van der Waals surface area contributed by atoms with Crippen LogP contribution in [0.3, 0.4) is 0 Å². The fourth-order valence-electron chi connectivity index (χ4n) is 1.55. The first kappa shape index (κ1) is 14.8. The minimum atomic E-state index is -0.482. The molecule has 0 aliphatic heterocycles.